The van der Waals surface area contributed by atoms with E-state index in [1.807, 2.05) is 6.92 Å². The lowest BCUT2D eigenvalue weighted by atomic mass is 10.1. The van der Waals surface area contributed by atoms with E-state index in [2.05, 4.69) is 26.9 Å². The summed E-state index contributed by atoms with van der Waals surface area (Å²) in [7, 11) is 0. The summed E-state index contributed by atoms with van der Waals surface area (Å²) in [5.41, 5.74) is 0.343. The van der Waals surface area contributed by atoms with Crippen molar-refractivity contribution < 1.29 is 9.18 Å². The number of amides is 1. The van der Waals surface area contributed by atoms with Gasteiger partial charge in [0.2, 0.25) is 0 Å². The topological polar surface area (TPSA) is 47.3 Å². The predicted molar refractivity (Wildman–Crippen MR) is 81.3 cm³/mol. The van der Waals surface area contributed by atoms with Crippen LogP contribution in [0, 0.1) is 17.1 Å². The van der Waals surface area contributed by atoms with E-state index in [1.165, 1.54) is 12.1 Å². The fourth-order valence-corrected chi connectivity index (χ4v) is 2.94. The van der Waals surface area contributed by atoms with Crippen LogP contribution in [0.25, 0.3) is 0 Å². The molecule has 21 heavy (non-hydrogen) atoms. The van der Waals surface area contributed by atoms with Crippen molar-refractivity contribution in [2.24, 2.45) is 0 Å². The summed E-state index contributed by atoms with van der Waals surface area (Å²) in [5, 5.41) is 9.08. The van der Waals surface area contributed by atoms with E-state index in [9.17, 15) is 9.18 Å². The summed E-state index contributed by atoms with van der Waals surface area (Å²) in [6.45, 7) is 4.44. The molecule has 0 aromatic heterocycles. The Hall–Kier alpha value is -1.45. The smallest absolute Gasteiger partial charge is 0.255 e. The van der Waals surface area contributed by atoms with Gasteiger partial charge in [-0.3, -0.25) is 9.69 Å². The van der Waals surface area contributed by atoms with Gasteiger partial charge in [-0.15, -0.1) is 0 Å². The quantitative estimate of drug-likeness (QED) is 0.839. The fraction of sp³-hybridized carbons (Fsp3) is 0.467. The average molecular weight is 354 g/mol. The SMILES string of the molecule is CCC(C#N)N1CCN(C(=O)c2cccc(F)c2Br)CC1. The minimum absolute atomic E-state index is 0.0943. The van der Waals surface area contributed by atoms with Crippen LogP contribution in [0.2, 0.25) is 0 Å². The number of benzene rings is 1. The molecular weight excluding hydrogens is 337 g/mol. The maximum Gasteiger partial charge on any atom is 0.255 e. The first-order valence-electron chi connectivity index (χ1n) is 6.95. The van der Waals surface area contributed by atoms with Crippen LogP contribution in [0.5, 0.6) is 0 Å². The Labute approximate surface area is 132 Å². The number of halogens is 2. The molecule has 0 radical (unpaired) electrons. The maximum absolute atomic E-state index is 13.5. The molecule has 1 aromatic carbocycles. The third-order valence-electron chi connectivity index (χ3n) is 3.76. The molecule has 4 nitrogen and oxygen atoms in total. The van der Waals surface area contributed by atoms with Crippen LogP contribution in [0.3, 0.4) is 0 Å². The van der Waals surface area contributed by atoms with Gasteiger partial charge in [-0.2, -0.15) is 5.26 Å². The molecule has 6 heteroatoms. The van der Waals surface area contributed by atoms with Crippen molar-refractivity contribution >= 4 is 21.8 Å². The van der Waals surface area contributed by atoms with Crippen LogP contribution in [0.15, 0.2) is 22.7 Å². The second-order valence-electron chi connectivity index (χ2n) is 4.98. The zero-order valence-electron chi connectivity index (χ0n) is 11.9. The van der Waals surface area contributed by atoms with Crippen LogP contribution in [0.1, 0.15) is 23.7 Å². The highest BCUT2D eigenvalue weighted by Gasteiger charge is 2.27. The van der Waals surface area contributed by atoms with Gasteiger partial charge < -0.3 is 4.90 Å². The van der Waals surface area contributed by atoms with Gasteiger partial charge in [0.05, 0.1) is 22.1 Å². The highest BCUT2D eigenvalue weighted by molar-refractivity contribution is 9.10. The summed E-state index contributed by atoms with van der Waals surface area (Å²) in [5.74, 6) is -0.610. The third kappa shape index (κ3) is 3.42. The largest absolute Gasteiger partial charge is 0.336 e. The van der Waals surface area contributed by atoms with Crippen LogP contribution in [0.4, 0.5) is 4.39 Å². The summed E-state index contributed by atoms with van der Waals surface area (Å²) >= 11 is 3.13. The first kappa shape index (κ1) is 15.9. The summed E-state index contributed by atoms with van der Waals surface area (Å²) in [6, 6.07) is 6.65. The van der Waals surface area contributed by atoms with Crippen LogP contribution < -0.4 is 0 Å². The Morgan fingerprint density at radius 2 is 2.10 bits per heavy atom. The molecule has 1 amide bonds. The molecule has 0 bridgehead atoms. The van der Waals surface area contributed by atoms with E-state index >= 15 is 0 Å². The van der Waals surface area contributed by atoms with Gasteiger partial charge in [-0.05, 0) is 34.5 Å². The number of nitriles is 1. The molecule has 1 fully saturated rings. The molecule has 1 saturated heterocycles. The number of carbonyl (C=O) groups is 1. The summed E-state index contributed by atoms with van der Waals surface area (Å²) < 4.78 is 13.7. The van der Waals surface area contributed by atoms with Gasteiger partial charge in [0, 0.05) is 26.2 Å². The van der Waals surface area contributed by atoms with E-state index in [4.69, 9.17) is 5.26 Å². The summed E-state index contributed by atoms with van der Waals surface area (Å²) in [4.78, 5) is 16.2. The minimum atomic E-state index is -0.435. The minimum Gasteiger partial charge on any atom is -0.336 e. The van der Waals surface area contributed by atoms with E-state index in [0.29, 0.717) is 31.7 Å². The molecule has 1 unspecified atom stereocenters. The van der Waals surface area contributed by atoms with Crippen molar-refractivity contribution in [2.45, 2.75) is 19.4 Å². The highest BCUT2D eigenvalue weighted by Crippen LogP contribution is 2.22. The van der Waals surface area contributed by atoms with E-state index in [0.717, 1.165) is 6.42 Å². The van der Waals surface area contributed by atoms with Crippen LogP contribution in [-0.4, -0.2) is 47.9 Å². The van der Waals surface area contributed by atoms with Gasteiger partial charge in [0.15, 0.2) is 0 Å². The van der Waals surface area contributed by atoms with E-state index in [1.54, 1.807) is 11.0 Å². The van der Waals surface area contributed by atoms with Gasteiger partial charge in [0.25, 0.3) is 5.91 Å². The zero-order chi connectivity index (χ0) is 15.4. The van der Waals surface area contributed by atoms with Gasteiger partial charge in [-0.25, -0.2) is 4.39 Å². The molecule has 0 spiro atoms. The van der Waals surface area contributed by atoms with Crippen molar-refractivity contribution in [1.29, 1.82) is 5.26 Å². The lowest BCUT2D eigenvalue weighted by Crippen LogP contribution is -2.51. The van der Waals surface area contributed by atoms with Crippen molar-refractivity contribution in [3.8, 4) is 6.07 Å². The summed E-state index contributed by atoms with van der Waals surface area (Å²) in [6.07, 6.45) is 0.778. The van der Waals surface area contributed by atoms with E-state index in [-0.39, 0.29) is 16.4 Å². The molecule has 1 atom stereocenters. The first-order valence-corrected chi connectivity index (χ1v) is 7.74. The van der Waals surface area contributed by atoms with Gasteiger partial charge >= 0.3 is 0 Å². The Bertz CT molecular complexity index is 565. The van der Waals surface area contributed by atoms with Crippen molar-refractivity contribution in [1.82, 2.24) is 9.80 Å². The molecule has 1 aliphatic heterocycles. The Morgan fingerprint density at radius 3 is 2.67 bits per heavy atom. The molecule has 1 aromatic rings. The molecule has 112 valence electrons. The second-order valence-corrected chi connectivity index (χ2v) is 5.78. The Kier molecular flexibility index (Phi) is 5.32. The molecule has 1 aliphatic rings. The molecule has 2 rings (SSSR count). The molecule has 0 aliphatic carbocycles. The molecular formula is C15H17BrFN3O. The molecule has 0 saturated carbocycles. The monoisotopic (exact) mass is 353 g/mol. The molecule has 0 N–H and O–H groups in total. The number of piperazine rings is 1. The number of rotatable bonds is 3. The van der Waals surface area contributed by atoms with E-state index < -0.39 is 5.82 Å². The number of carbonyl (C=O) groups excluding carboxylic acids is 1. The second kappa shape index (κ2) is 7.01. The van der Waals surface area contributed by atoms with Crippen LogP contribution >= 0.6 is 15.9 Å². The van der Waals surface area contributed by atoms with Crippen molar-refractivity contribution in [3.63, 3.8) is 0 Å². The average Bonchev–Trinajstić information content (AvgIpc) is 2.51. The Balaban J connectivity index is 2.04. The third-order valence-corrected chi connectivity index (χ3v) is 4.57. The van der Waals surface area contributed by atoms with Crippen molar-refractivity contribution in [3.05, 3.63) is 34.1 Å². The van der Waals surface area contributed by atoms with Gasteiger partial charge in [-0.1, -0.05) is 13.0 Å². The highest BCUT2D eigenvalue weighted by atomic mass is 79.9. The number of nitrogens with zero attached hydrogens (tertiary/aromatic N) is 3. The predicted octanol–water partition coefficient (Wildman–Crippen LogP) is 2.65. The number of hydrogen-bond donors (Lipinski definition) is 0. The normalized spacial score (nSPS) is 17.3. The standard InChI is InChI=1S/C15H17BrFN3O/c1-2-11(10-18)19-6-8-20(9-7-19)15(21)12-4-3-5-13(17)14(12)16/h3-5,11H,2,6-9H2,1H3. The zero-order valence-corrected chi connectivity index (χ0v) is 13.4. The lowest BCUT2D eigenvalue weighted by Gasteiger charge is -2.36. The lowest BCUT2D eigenvalue weighted by molar-refractivity contribution is 0.0603. The first-order chi connectivity index (χ1) is 10.1. The Morgan fingerprint density at radius 1 is 1.43 bits per heavy atom. The molecule has 1 heterocycles. The maximum atomic E-state index is 13.5. The van der Waals surface area contributed by atoms with Crippen molar-refractivity contribution in [2.75, 3.05) is 26.2 Å². The van der Waals surface area contributed by atoms with Crippen LogP contribution in [-0.2, 0) is 0 Å². The van der Waals surface area contributed by atoms with Gasteiger partial charge in [0.1, 0.15) is 5.82 Å². The fourth-order valence-electron chi connectivity index (χ4n) is 2.51. The number of hydrogen-bond acceptors (Lipinski definition) is 3.